The number of carbonyl (C=O) groups excluding carboxylic acids is 1. The number of Topliss-reactive ketones (excluding diaryl/α,β-unsaturated/α-hetero) is 1. The van der Waals surface area contributed by atoms with Crippen LogP contribution < -0.4 is 14.8 Å². The first kappa shape index (κ1) is 22.0. The fourth-order valence-corrected chi connectivity index (χ4v) is 5.92. The summed E-state index contributed by atoms with van der Waals surface area (Å²) in [4.78, 5) is 13.6. The molecule has 0 spiro atoms. The van der Waals surface area contributed by atoms with Crippen LogP contribution >= 0.6 is 15.9 Å². The summed E-state index contributed by atoms with van der Waals surface area (Å²) < 4.78 is 12.2. The van der Waals surface area contributed by atoms with Crippen molar-refractivity contribution in [2.45, 2.75) is 39.7 Å². The number of anilines is 1. The quantitative estimate of drug-likeness (QED) is 0.403. The Labute approximate surface area is 203 Å². The van der Waals surface area contributed by atoms with E-state index in [1.54, 1.807) is 7.11 Å². The SMILES string of the molecule is CCOc1cc([C@H]2Nc3ccc4ccccc4c3C3=C2C(=O)CC(C)(C)C3)cc(Br)c1OC. The molecule has 0 amide bonds. The summed E-state index contributed by atoms with van der Waals surface area (Å²) in [6.45, 7) is 6.86. The normalized spacial score (nSPS) is 19.1. The topological polar surface area (TPSA) is 47.6 Å². The minimum Gasteiger partial charge on any atom is -0.492 e. The van der Waals surface area contributed by atoms with Crippen LogP contribution in [0, 0.1) is 5.41 Å². The molecule has 5 heteroatoms. The van der Waals surface area contributed by atoms with E-state index in [2.05, 4.69) is 71.5 Å². The van der Waals surface area contributed by atoms with Crippen molar-refractivity contribution < 1.29 is 14.3 Å². The van der Waals surface area contributed by atoms with E-state index in [-0.39, 0.29) is 17.2 Å². The molecular formula is C28H28BrNO3. The Bertz CT molecular complexity index is 1310. The molecule has 33 heavy (non-hydrogen) atoms. The number of ketones is 1. The minimum absolute atomic E-state index is 0.0804. The molecule has 0 saturated heterocycles. The Morgan fingerprint density at radius 3 is 2.67 bits per heavy atom. The van der Waals surface area contributed by atoms with Gasteiger partial charge in [0.05, 0.1) is 24.2 Å². The fourth-order valence-electron chi connectivity index (χ4n) is 5.30. The van der Waals surface area contributed by atoms with Crippen LogP contribution in [-0.4, -0.2) is 19.5 Å². The van der Waals surface area contributed by atoms with E-state index in [1.807, 2.05) is 19.1 Å². The Morgan fingerprint density at radius 2 is 1.91 bits per heavy atom. The largest absolute Gasteiger partial charge is 0.492 e. The molecule has 0 bridgehead atoms. The maximum atomic E-state index is 13.6. The summed E-state index contributed by atoms with van der Waals surface area (Å²) in [5.41, 5.74) is 5.16. The van der Waals surface area contributed by atoms with Gasteiger partial charge in [0.1, 0.15) is 0 Å². The lowest BCUT2D eigenvalue weighted by Crippen LogP contribution is -2.33. The van der Waals surface area contributed by atoms with E-state index in [4.69, 9.17) is 9.47 Å². The maximum Gasteiger partial charge on any atom is 0.174 e. The molecule has 3 aromatic rings. The molecule has 0 unspecified atom stereocenters. The fraction of sp³-hybridized carbons (Fsp3) is 0.321. The van der Waals surface area contributed by atoms with Gasteiger partial charge in [0.15, 0.2) is 17.3 Å². The van der Waals surface area contributed by atoms with Crippen molar-refractivity contribution in [3.63, 3.8) is 0 Å². The third-order valence-electron chi connectivity index (χ3n) is 6.61. The van der Waals surface area contributed by atoms with Gasteiger partial charge in [-0.05, 0) is 74.8 Å². The summed E-state index contributed by atoms with van der Waals surface area (Å²) in [5, 5.41) is 6.07. The van der Waals surface area contributed by atoms with Crippen molar-refractivity contribution in [2.24, 2.45) is 5.41 Å². The lowest BCUT2D eigenvalue weighted by molar-refractivity contribution is -0.118. The first-order chi connectivity index (χ1) is 15.8. The van der Waals surface area contributed by atoms with Gasteiger partial charge in [-0.25, -0.2) is 0 Å². The average Bonchev–Trinajstić information content (AvgIpc) is 2.77. The molecule has 3 aromatic carbocycles. The zero-order valence-corrected chi connectivity index (χ0v) is 21.0. The number of fused-ring (bicyclic) bond motifs is 4. The molecule has 2 aliphatic rings. The second-order valence-corrected chi connectivity index (χ2v) is 10.4. The Balaban J connectivity index is 1.76. The van der Waals surface area contributed by atoms with Crippen LogP contribution in [0.4, 0.5) is 5.69 Å². The number of carbonyl (C=O) groups is 1. The van der Waals surface area contributed by atoms with E-state index >= 15 is 0 Å². The van der Waals surface area contributed by atoms with Crippen LogP contribution in [0.5, 0.6) is 11.5 Å². The lowest BCUT2D eigenvalue weighted by Gasteiger charge is -2.40. The highest BCUT2D eigenvalue weighted by atomic mass is 79.9. The van der Waals surface area contributed by atoms with E-state index in [9.17, 15) is 4.79 Å². The summed E-state index contributed by atoms with van der Waals surface area (Å²) in [5.74, 6) is 1.54. The molecule has 0 saturated carbocycles. The van der Waals surface area contributed by atoms with Crippen molar-refractivity contribution in [2.75, 3.05) is 19.0 Å². The van der Waals surface area contributed by atoms with Crippen LogP contribution in [0.1, 0.15) is 50.8 Å². The van der Waals surface area contributed by atoms with Gasteiger partial charge in [0.2, 0.25) is 0 Å². The van der Waals surface area contributed by atoms with Gasteiger partial charge < -0.3 is 14.8 Å². The Hall–Kier alpha value is -2.79. The number of hydrogen-bond donors (Lipinski definition) is 1. The van der Waals surface area contributed by atoms with Gasteiger partial charge in [-0.3, -0.25) is 4.79 Å². The molecule has 0 fully saturated rings. The van der Waals surface area contributed by atoms with Crippen LogP contribution in [0.2, 0.25) is 0 Å². The van der Waals surface area contributed by atoms with Gasteiger partial charge >= 0.3 is 0 Å². The van der Waals surface area contributed by atoms with Gasteiger partial charge in [0.25, 0.3) is 0 Å². The number of ether oxygens (including phenoxy) is 2. The number of allylic oxidation sites excluding steroid dienone is 1. The summed E-state index contributed by atoms with van der Waals surface area (Å²) >= 11 is 3.65. The molecule has 170 valence electrons. The second-order valence-electron chi connectivity index (χ2n) is 9.59. The van der Waals surface area contributed by atoms with Crippen LogP contribution in [0.15, 0.2) is 58.6 Å². The molecular weight excluding hydrogens is 478 g/mol. The molecule has 5 rings (SSSR count). The number of rotatable bonds is 4. The highest BCUT2D eigenvalue weighted by Gasteiger charge is 2.41. The van der Waals surface area contributed by atoms with Crippen molar-refractivity contribution in [1.29, 1.82) is 0 Å². The zero-order chi connectivity index (χ0) is 23.3. The number of benzene rings is 3. The smallest absolute Gasteiger partial charge is 0.174 e. The second kappa shape index (κ2) is 8.21. The molecule has 1 aliphatic carbocycles. The first-order valence-electron chi connectivity index (χ1n) is 11.4. The van der Waals surface area contributed by atoms with E-state index in [0.29, 0.717) is 24.5 Å². The predicted molar refractivity (Wildman–Crippen MR) is 137 cm³/mol. The van der Waals surface area contributed by atoms with Crippen molar-refractivity contribution in [1.82, 2.24) is 0 Å². The zero-order valence-electron chi connectivity index (χ0n) is 19.4. The molecule has 1 atom stereocenters. The third-order valence-corrected chi connectivity index (χ3v) is 7.20. The minimum atomic E-state index is -0.251. The van der Waals surface area contributed by atoms with Crippen LogP contribution in [0.25, 0.3) is 16.3 Å². The number of hydrogen-bond acceptors (Lipinski definition) is 4. The molecule has 1 N–H and O–H groups in total. The summed E-state index contributed by atoms with van der Waals surface area (Å²) in [6.07, 6.45) is 1.41. The van der Waals surface area contributed by atoms with Crippen molar-refractivity contribution >= 4 is 43.7 Å². The molecule has 4 nitrogen and oxygen atoms in total. The molecule has 1 aliphatic heterocycles. The Kier molecular flexibility index (Phi) is 5.48. The molecule has 0 aromatic heterocycles. The molecule has 0 radical (unpaired) electrons. The van der Waals surface area contributed by atoms with E-state index in [0.717, 1.165) is 38.9 Å². The maximum absolute atomic E-state index is 13.6. The third kappa shape index (κ3) is 3.72. The van der Waals surface area contributed by atoms with Gasteiger partial charge in [-0.1, -0.05) is 44.2 Å². The van der Waals surface area contributed by atoms with E-state index < -0.39 is 0 Å². The molecule has 1 heterocycles. The van der Waals surface area contributed by atoms with Crippen molar-refractivity contribution in [3.05, 3.63) is 69.7 Å². The highest BCUT2D eigenvalue weighted by molar-refractivity contribution is 9.10. The number of halogens is 1. The van der Waals surface area contributed by atoms with Gasteiger partial charge in [-0.15, -0.1) is 0 Å². The summed E-state index contributed by atoms with van der Waals surface area (Å²) in [6, 6.07) is 16.5. The van der Waals surface area contributed by atoms with E-state index in [1.165, 1.54) is 10.8 Å². The monoisotopic (exact) mass is 505 g/mol. The number of nitrogens with one attached hydrogen (secondary N) is 1. The van der Waals surface area contributed by atoms with Crippen LogP contribution in [0.3, 0.4) is 0 Å². The van der Waals surface area contributed by atoms with Crippen LogP contribution in [-0.2, 0) is 4.79 Å². The van der Waals surface area contributed by atoms with Gasteiger partial charge in [-0.2, -0.15) is 0 Å². The highest BCUT2D eigenvalue weighted by Crippen LogP contribution is 2.53. The predicted octanol–water partition coefficient (Wildman–Crippen LogP) is 7.32. The van der Waals surface area contributed by atoms with Gasteiger partial charge in [0, 0.05) is 23.2 Å². The first-order valence-corrected chi connectivity index (χ1v) is 12.2. The van der Waals surface area contributed by atoms with Crippen molar-refractivity contribution in [3.8, 4) is 11.5 Å². The standard InChI is InChI=1S/C28H28BrNO3/c1-5-33-23-13-17(12-20(29)27(23)32-4)26-25-19(14-28(2,3)15-22(25)31)24-18-9-7-6-8-16(18)10-11-21(24)30-26/h6-13,26,30H,5,14-15H2,1-4H3/t26-/m1/s1. The Morgan fingerprint density at radius 1 is 1.12 bits per heavy atom. The summed E-state index contributed by atoms with van der Waals surface area (Å²) in [7, 11) is 1.63. The average molecular weight is 506 g/mol. The number of methoxy groups -OCH3 is 1. The lowest BCUT2D eigenvalue weighted by atomic mass is 9.68.